The number of hydrogen-bond acceptors (Lipinski definition) is 3. The molecule has 0 radical (unpaired) electrons. The molecule has 1 unspecified atom stereocenters. The number of aldehydes is 1. The van der Waals surface area contributed by atoms with Crippen LogP contribution in [0.3, 0.4) is 0 Å². The first kappa shape index (κ1) is 17.4. The van der Waals surface area contributed by atoms with Crippen LogP contribution in [0.1, 0.15) is 17.2 Å². The summed E-state index contributed by atoms with van der Waals surface area (Å²) in [4.78, 5) is 11.2. The Morgan fingerprint density at radius 2 is 1.87 bits per heavy atom. The molecule has 0 aromatic heterocycles. The van der Waals surface area contributed by atoms with Gasteiger partial charge in [0.05, 0.1) is 10.9 Å². The highest BCUT2D eigenvalue weighted by Gasteiger charge is 2.23. The highest BCUT2D eigenvalue weighted by Crippen LogP contribution is 2.24. The molecule has 0 fully saturated rings. The van der Waals surface area contributed by atoms with Crippen molar-refractivity contribution in [3.63, 3.8) is 0 Å². The number of nitrogens with one attached hydrogen (secondary N) is 1. The Morgan fingerprint density at radius 3 is 2.43 bits per heavy atom. The molecule has 120 valence electrons. The van der Waals surface area contributed by atoms with Crippen LogP contribution in [0.25, 0.3) is 0 Å². The average molecular weight is 350 g/mol. The maximum absolute atomic E-state index is 12.5. The molecule has 0 aliphatic rings. The molecular weight excluding hydrogens is 334 g/mol. The van der Waals surface area contributed by atoms with Crippen molar-refractivity contribution in [2.75, 3.05) is 0 Å². The van der Waals surface area contributed by atoms with Crippen molar-refractivity contribution in [2.24, 2.45) is 0 Å². The Labute approximate surface area is 140 Å². The SMILES string of the molecule is C=C(C=O)C(NS(=O)(=O)c1ccc(C)cc1)c1cccc(Cl)c1. The van der Waals surface area contributed by atoms with E-state index in [0.29, 0.717) is 16.9 Å². The van der Waals surface area contributed by atoms with Crippen molar-refractivity contribution in [1.29, 1.82) is 0 Å². The predicted molar refractivity (Wildman–Crippen MR) is 90.9 cm³/mol. The topological polar surface area (TPSA) is 63.2 Å². The first-order valence-corrected chi connectivity index (χ1v) is 8.68. The molecule has 0 aliphatic heterocycles. The van der Waals surface area contributed by atoms with E-state index in [-0.39, 0.29) is 10.5 Å². The van der Waals surface area contributed by atoms with Crippen molar-refractivity contribution in [2.45, 2.75) is 17.9 Å². The summed E-state index contributed by atoms with van der Waals surface area (Å²) < 4.78 is 27.6. The van der Waals surface area contributed by atoms with Crippen molar-refractivity contribution < 1.29 is 13.2 Å². The second-order valence-electron chi connectivity index (χ2n) is 5.12. The Bertz CT molecular complexity index is 829. The summed E-state index contributed by atoms with van der Waals surface area (Å²) in [6.45, 7) is 5.50. The highest BCUT2D eigenvalue weighted by molar-refractivity contribution is 7.89. The Hall–Kier alpha value is -1.95. The van der Waals surface area contributed by atoms with Gasteiger partial charge in [-0.3, -0.25) is 4.79 Å². The molecule has 2 aromatic rings. The molecule has 0 spiro atoms. The number of hydrogen-bond donors (Lipinski definition) is 1. The maximum atomic E-state index is 12.5. The summed E-state index contributed by atoms with van der Waals surface area (Å²) in [5.74, 6) is 0. The van der Waals surface area contributed by atoms with Gasteiger partial charge >= 0.3 is 0 Å². The Morgan fingerprint density at radius 1 is 1.22 bits per heavy atom. The van der Waals surface area contributed by atoms with E-state index in [0.717, 1.165) is 5.56 Å². The minimum absolute atomic E-state index is 0.1000. The van der Waals surface area contributed by atoms with Gasteiger partial charge in [0.1, 0.15) is 6.29 Å². The maximum Gasteiger partial charge on any atom is 0.241 e. The van der Waals surface area contributed by atoms with Crippen LogP contribution in [0.5, 0.6) is 0 Å². The molecule has 2 rings (SSSR count). The molecule has 1 atom stereocenters. The largest absolute Gasteiger partial charge is 0.298 e. The van der Waals surface area contributed by atoms with E-state index in [1.807, 2.05) is 6.92 Å². The van der Waals surface area contributed by atoms with Crippen molar-refractivity contribution >= 4 is 27.9 Å². The molecule has 4 nitrogen and oxygen atoms in total. The van der Waals surface area contributed by atoms with Gasteiger partial charge in [-0.2, -0.15) is 4.72 Å². The minimum Gasteiger partial charge on any atom is -0.298 e. The molecule has 0 saturated carbocycles. The fraction of sp³-hybridized carbons (Fsp3) is 0.118. The number of sulfonamides is 1. The van der Waals surface area contributed by atoms with Crippen molar-refractivity contribution in [1.82, 2.24) is 4.72 Å². The van der Waals surface area contributed by atoms with Gasteiger partial charge in [-0.05, 0) is 36.8 Å². The van der Waals surface area contributed by atoms with Gasteiger partial charge in [0, 0.05) is 10.6 Å². The zero-order chi connectivity index (χ0) is 17.0. The summed E-state index contributed by atoms with van der Waals surface area (Å²) in [6, 6.07) is 12.2. The molecule has 1 N–H and O–H groups in total. The average Bonchev–Trinajstić information content (AvgIpc) is 2.52. The summed E-state index contributed by atoms with van der Waals surface area (Å²) >= 11 is 5.95. The van der Waals surface area contributed by atoms with E-state index in [1.54, 1.807) is 36.4 Å². The van der Waals surface area contributed by atoms with Crippen LogP contribution >= 0.6 is 11.6 Å². The lowest BCUT2D eigenvalue weighted by molar-refractivity contribution is -0.105. The summed E-state index contributed by atoms with van der Waals surface area (Å²) in [5, 5.41) is 0.445. The number of rotatable bonds is 6. The van der Waals surface area contributed by atoms with Gasteiger partial charge in [0.15, 0.2) is 0 Å². The number of carbonyl (C=O) groups is 1. The van der Waals surface area contributed by atoms with Crippen LogP contribution in [-0.4, -0.2) is 14.7 Å². The molecule has 0 aliphatic carbocycles. The van der Waals surface area contributed by atoms with Crippen molar-refractivity contribution in [3.05, 3.63) is 76.8 Å². The van der Waals surface area contributed by atoms with Crippen LogP contribution in [0.15, 0.2) is 65.6 Å². The quantitative estimate of drug-likeness (QED) is 0.642. The van der Waals surface area contributed by atoms with E-state index >= 15 is 0 Å². The molecule has 2 aromatic carbocycles. The second-order valence-corrected chi connectivity index (χ2v) is 7.27. The van der Waals surface area contributed by atoms with Gasteiger partial charge in [-0.1, -0.05) is 48.0 Å². The highest BCUT2D eigenvalue weighted by atomic mass is 35.5. The first-order valence-electron chi connectivity index (χ1n) is 6.82. The summed E-state index contributed by atoms with van der Waals surface area (Å²) in [5.41, 5.74) is 1.60. The third-order valence-electron chi connectivity index (χ3n) is 3.31. The van der Waals surface area contributed by atoms with E-state index < -0.39 is 16.1 Å². The monoisotopic (exact) mass is 349 g/mol. The number of aryl methyl sites for hydroxylation is 1. The Kier molecular flexibility index (Phi) is 5.36. The van der Waals surface area contributed by atoms with Gasteiger partial charge in [0.25, 0.3) is 0 Å². The number of benzene rings is 2. The lowest BCUT2D eigenvalue weighted by atomic mass is 10.0. The molecule has 0 saturated heterocycles. The predicted octanol–water partition coefficient (Wildman–Crippen LogP) is 3.42. The van der Waals surface area contributed by atoms with Crippen LogP contribution < -0.4 is 4.72 Å². The number of carbonyl (C=O) groups excluding carboxylic acids is 1. The molecule has 0 amide bonds. The third kappa shape index (κ3) is 4.28. The standard InChI is InChI=1S/C17H16ClNO3S/c1-12-6-8-16(9-7-12)23(21,22)19-17(13(2)11-20)14-4-3-5-15(18)10-14/h3-11,17,19H,2H2,1H3. The lowest BCUT2D eigenvalue weighted by Gasteiger charge is -2.19. The smallest absolute Gasteiger partial charge is 0.241 e. The molecule has 0 bridgehead atoms. The molecule has 23 heavy (non-hydrogen) atoms. The molecule has 6 heteroatoms. The third-order valence-corrected chi connectivity index (χ3v) is 4.98. The normalized spacial score (nSPS) is 12.6. The van der Waals surface area contributed by atoms with E-state index in [9.17, 15) is 13.2 Å². The van der Waals surface area contributed by atoms with Gasteiger partial charge in [-0.25, -0.2) is 8.42 Å². The van der Waals surface area contributed by atoms with E-state index in [2.05, 4.69) is 11.3 Å². The van der Waals surface area contributed by atoms with Crippen LogP contribution in [-0.2, 0) is 14.8 Å². The second kappa shape index (κ2) is 7.08. The summed E-state index contributed by atoms with van der Waals surface area (Å²) in [6.07, 6.45) is 0.531. The minimum atomic E-state index is -3.81. The zero-order valence-electron chi connectivity index (χ0n) is 12.5. The van der Waals surface area contributed by atoms with Crippen molar-refractivity contribution in [3.8, 4) is 0 Å². The fourth-order valence-corrected chi connectivity index (χ4v) is 3.48. The lowest BCUT2D eigenvalue weighted by Crippen LogP contribution is -2.30. The van der Waals surface area contributed by atoms with Crippen LogP contribution in [0.2, 0.25) is 5.02 Å². The zero-order valence-corrected chi connectivity index (χ0v) is 14.1. The van der Waals surface area contributed by atoms with E-state index in [1.165, 1.54) is 12.1 Å². The van der Waals surface area contributed by atoms with Crippen LogP contribution in [0, 0.1) is 6.92 Å². The summed E-state index contributed by atoms with van der Waals surface area (Å²) in [7, 11) is -3.81. The van der Waals surface area contributed by atoms with Crippen LogP contribution in [0.4, 0.5) is 0 Å². The van der Waals surface area contributed by atoms with Gasteiger partial charge in [0.2, 0.25) is 10.0 Å². The fourth-order valence-electron chi connectivity index (χ4n) is 2.05. The number of halogens is 1. The van der Waals surface area contributed by atoms with Gasteiger partial charge in [-0.15, -0.1) is 0 Å². The Balaban J connectivity index is 2.39. The molecular formula is C17H16ClNO3S. The van der Waals surface area contributed by atoms with Gasteiger partial charge < -0.3 is 0 Å². The first-order chi connectivity index (χ1) is 10.8. The van der Waals surface area contributed by atoms with E-state index in [4.69, 9.17) is 11.6 Å². The molecule has 0 heterocycles.